The molecule has 5 nitrogen and oxygen atoms in total. The average Bonchev–Trinajstić information content (AvgIpc) is 2.72. The Balaban J connectivity index is 1.82. The number of nitrogens with two attached hydrogens (primary N) is 1. The molecule has 0 spiro atoms. The van der Waals surface area contributed by atoms with Crippen LogP contribution in [-0.4, -0.2) is 18.9 Å². The van der Waals surface area contributed by atoms with Crippen LogP contribution < -0.4 is 5.73 Å². The molecule has 0 saturated heterocycles. The van der Waals surface area contributed by atoms with Gasteiger partial charge in [-0.2, -0.15) is 0 Å². The van der Waals surface area contributed by atoms with Crippen LogP contribution in [0.5, 0.6) is 0 Å². The van der Waals surface area contributed by atoms with Crippen molar-refractivity contribution in [2.75, 3.05) is 7.11 Å². The summed E-state index contributed by atoms with van der Waals surface area (Å²) in [4.78, 5) is 25.8. The quantitative estimate of drug-likeness (QED) is 0.700. The number of esters is 1. The number of rotatable bonds is 3. The molecule has 1 aliphatic carbocycles. The maximum Gasteiger partial charge on any atom is 0.340 e. The maximum absolute atomic E-state index is 13.3. The minimum absolute atomic E-state index is 0.0120. The highest BCUT2D eigenvalue weighted by molar-refractivity contribution is 9.10. The Hall–Kier alpha value is -2.86. The summed E-state index contributed by atoms with van der Waals surface area (Å²) < 4.78 is 11.6. The van der Waals surface area contributed by atoms with Crippen LogP contribution in [-0.2, 0) is 19.1 Å². The van der Waals surface area contributed by atoms with Crippen molar-refractivity contribution < 1.29 is 19.1 Å². The highest BCUT2D eigenvalue weighted by atomic mass is 79.9. The van der Waals surface area contributed by atoms with Gasteiger partial charge in [-0.25, -0.2) is 4.79 Å². The molecule has 1 aliphatic heterocycles. The minimum Gasteiger partial charge on any atom is -0.465 e. The molecular weight excluding hydrogens is 434 g/mol. The molecule has 2 atom stereocenters. The topological polar surface area (TPSA) is 78.6 Å². The molecule has 0 aromatic heterocycles. The monoisotopic (exact) mass is 453 g/mol. The molecule has 0 fully saturated rings. The molecule has 4 rings (SSSR count). The first-order valence-corrected chi connectivity index (χ1v) is 10.1. The molecular formula is C23H20BrNO4. The highest BCUT2D eigenvalue weighted by Gasteiger charge is 2.43. The van der Waals surface area contributed by atoms with E-state index in [1.807, 2.05) is 54.6 Å². The molecule has 6 heteroatoms. The fraction of sp³-hybridized carbons (Fsp3) is 0.217. The van der Waals surface area contributed by atoms with Crippen LogP contribution >= 0.6 is 15.9 Å². The normalized spacial score (nSPS) is 21.5. The molecule has 0 radical (unpaired) electrons. The van der Waals surface area contributed by atoms with E-state index < -0.39 is 11.9 Å². The Morgan fingerprint density at radius 3 is 2.52 bits per heavy atom. The van der Waals surface area contributed by atoms with Gasteiger partial charge in [0, 0.05) is 22.9 Å². The van der Waals surface area contributed by atoms with Crippen LogP contribution in [0.2, 0.25) is 0 Å². The van der Waals surface area contributed by atoms with E-state index >= 15 is 0 Å². The van der Waals surface area contributed by atoms with Gasteiger partial charge >= 0.3 is 5.97 Å². The van der Waals surface area contributed by atoms with Gasteiger partial charge in [0.05, 0.1) is 13.0 Å². The zero-order chi connectivity index (χ0) is 20.5. The predicted molar refractivity (Wildman–Crippen MR) is 112 cm³/mol. The van der Waals surface area contributed by atoms with Gasteiger partial charge in [0.2, 0.25) is 5.88 Å². The molecule has 2 aliphatic rings. The maximum atomic E-state index is 13.3. The van der Waals surface area contributed by atoms with Gasteiger partial charge in [-0.05, 0) is 29.2 Å². The molecule has 1 heterocycles. The van der Waals surface area contributed by atoms with Crippen LogP contribution in [0.25, 0.3) is 0 Å². The summed E-state index contributed by atoms with van der Waals surface area (Å²) in [6.45, 7) is 0. The van der Waals surface area contributed by atoms with Crippen molar-refractivity contribution in [1.82, 2.24) is 0 Å². The van der Waals surface area contributed by atoms with E-state index in [4.69, 9.17) is 15.2 Å². The second kappa shape index (κ2) is 7.87. The van der Waals surface area contributed by atoms with Gasteiger partial charge < -0.3 is 15.2 Å². The Morgan fingerprint density at radius 2 is 1.83 bits per heavy atom. The summed E-state index contributed by atoms with van der Waals surface area (Å²) in [5.74, 6) is -0.727. The summed E-state index contributed by atoms with van der Waals surface area (Å²) >= 11 is 3.47. The van der Waals surface area contributed by atoms with Gasteiger partial charge in [-0.15, -0.1) is 0 Å². The smallest absolute Gasteiger partial charge is 0.340 e. The third-order valence-corrected chi connectivity index (χ3v) is 5.89. The lowest BCUT2D eigenvalue weighted by molar-refractivity contribution is -0.136. The lowest BCUT2D eigenvalue weighted by Gasteiger charge is -2.35. The number of carbonyl (C=O) groups is 2. The molecule has 0 amide bonds. The summed E-state index contributed by atoms with van der Waals surface area (Å²) in [7, 11) is 1.29. The van der Waals surface area contributed by atoms with Crippen LogP contribution in [0.15, 0.2) is 81.9 Å². The van der Waals surface area contributed by atoms with Crippen molar-refractivity contribution >= 4 is 27.7 Å². The molecule has 0 bridgehead atoms. The van der Waals surface area contributed by atoms with Crippen LogP contribution in [0.1, 0.15) is 35.8 Å². The first-order chi connectivity index (χ1) is 14.0. The zero-order valence-corrected chi connectivity index (χ0v) is 17.4. The van der Waals surface area contributed by atoms with Crippen LogP contribution in [0.4, 0.5) is 0 Å². The SMILES string of the molecule is COC(=O)C1=C(N)OC2=C(C(=O)C[C@H](c3ccccc3)C2)[C@H]1c1cccc(Br)c1. The second-order valence-electron chi connectivity index (χ2n) is 7.14. The number of ether oxygens (including phenoxy) is 2. The molecule has 148 valence electrons. The van der Waals surface area contributed by atoms with E-state index in [9.17, 15) is 9.59 Å². The standard InChI is InChI=1S/C23H20BrNO4/c1-28-23(27)21-19(14-8-5-9-16(24)10-14)20-17(26)11-15(12-18(20)29-22(21)25)13-6-3-2-4-7-13/h2-10,15,19H,11-12,25H2,1H3/t15-,19+/m0/s1. The minimum atomic E-state index is -0.618. The second-order valence-corrected chi connectivity index (χ2v) is 8.05. The Kier molecular flexibility index (Phi) is 5.28. The van der Waals surface area contributed by atoms with E-state index in [0.717, 1.165) is 15.6 Å². The van der Waals surface area contributed by atoms with Crippen LogP contribution in [0.3, 0.4) is 0 Å². The number of hydrogen-bond donors (Lipinski definition) is 1. The molecule has 2 aromatic carbocycles. The molecule has 0 saturated carbocycles. The van der Waals surface area contributed by atoms with Crippen molar-refractivity contribution in [3.8, 4) is 0 Å². The summed E-state index contributed by atoms with van der Waals surface area (Å²) in [5.41, 5.74) is 8.67. The fourth-order valence-corrected chi connectivity index (χ4v) is 4.51. The lowest BCUT2D eigenvalue weighted by atomic mass is 9.73. The Labute approximate surface area is 177 Å². The first kappa shape index (κ1) is 19.5. The number of ketones is 1. The van der Waals surface area contributed by atoms with Crippen molar-refractivity contribution in [2.24, 2.45) is 5.73 Å². The van der Waals surface area contributed by atoms with Crippen molar-refractivity contribution in [2.45, 2.75) is 24.7 Å². The summed E-state index contributed by atoms with van der Waals surface area (Å²) in [6.07, 6.45) is 0.899. The number of Topliss-reactive ketones (excluding diaryl/α,β-unsaturated/α-hetero) is 1. The van der Waals surface area contributed by atoms with E-state index in [0.29, 0.717) is 24.2 Å². The summed E-state index contributed by atoms with van der Waals surface area (Å²) in [6, 6.07) is 17.4. The van der Waals surface area contributed by atoms with Crippen LogP contribution in [0, 0.1) is 0 Å². The Bertz CT molecular complexity index is 1040. The average molecular weight is 454 g/mol. The Morgan fingerprint density at radius 1 is 1.10 bits per heavy atom. The molecule has 29 heavy (non-hydrogen) atoms. The number of methoxy groups -OCH3 is 1. The number of allylic oxidation sites excluding steroid dienone is 2. The lowest BCUT2D eigenvalue weighted by Crippen LogP contribution is -2.32. The first-order valence-electron chi connectivity index (χ1n) is 9.32. The third-order valence-electron chi connectivity index (χ3n) is 5.40. The summed E-state index contributed by atoms with van der Waals surface area (Å²) in [5, 5.41) is 0. The number of hydrogen-bond acceptors (Lipinski definition) is 5. The molecule has 0 unspecified atom stereocenters. The van der Waals surface area contributed by atoms with Gasteiger partial charge in [-0.3, -0.25) is 4.79 Å². The van der Waals surface area contributed by atoms with Gasteiger partial charge in [0.15, 0.2) is 5.78 Å². The van der Waals surface area contributed by atoms with Gasteiger partial charge in [-0.1, -0.05) is 58.4 Å². The zero-order valence-electron chi connectivity index (χ0n) is 15.9. The molecule has 2 aromatic rings. The number of benzene rings is 2. The van der Waals surface area contributed by atoms with Crippen molar-refractivity contribution in [1.29, 1.82) is 0 Å². The fourth-order valence-electron chi connectivity index (χ4n) is 4.10. The number of halogens is 1. The van der Waals surface area contributed by atoms with Crippen molar-refractivity contribution in [3.05, 3.63) is 93.0 Å². The van der Waals surface area contributed by atoms with Gasteiger partial charge in [0.25, 0.3) is 0 Å². The van der Waals surface area contributed by atoms with Crippen molar-refractivity contribution in [3.63, 3.8) is 0 Å². The number of carbonyl (C=O) groups excluding carboxylic acids is 2. The molecule has 2 N–H and O–H groups in total. The van der Waals surface area contributed by atoms with E-state index in [2.05, 4.69) is 15.9 Å². The largest absolute Gasteiger partial charge is 0.465 e. The predicted octanol–water partition coefficient (Wildman–Crippen LogP) is 4.31. The van der Waals surface area contributed by atoms with E-state index in [-0.39, 0.29) is 23.2 Å². The van der Waals surface area contributed by atoms with E-state index in [1.165, 1.54) is 7.11 Å². The van der Waals surface area contributed by atoms with Gasteiger partial charge in [0.1, 0.15) is 11.3 Å². The van der Waals surface area contributed by atoms with E-state index in [1.54, 1.807) is 0 Å². The third kappa shape index (κ3) is 3.60. The highest BCUT2D eigenvalue weighted by Crippen LogP contribution is 2.47.